The zero-order valence-corrected chi connectivity index (χ0v) is 24.0. The summed E-state index contributed by atoms with van der Waals surface area (Å²) < 4.78 is 20.9. The third-order valence-electron chi connectivity index (χ3n) is 6.71. The summed E-state index contributed by atoms with van der Waals surface area (Å²) in [4.78, 5) is 30.8. The van der Waals surface area contributed by atoms with Gasteiger partial charge in [-0.25, -0.2) is 15.0 Å². The Balaban J connectivity index is 1.48. The highest BCUT2D eigenvalue weighted by Gasteiger charge is 2.24. The van der Waals surface area contributed by atoms with E-state index in [1.165, 1.54) is 18.5 Å². The summed E-state index contributed by atoms with van der Waals surface area (Å²) >= 11 is 0. The number of benzene rings is 3. The van der Waals surface area contributed by atoms with Gasteiger partial charge in [0.15, 0.2) is 6.29 Å². The number of likely N-dealkylation sites (N-methyl/N-ethyl adjacent to an activating group) is 1. The van der Waals surface area contributed by atoms with Crippen LogP contribution in [-0.4, -0.2) is 45.9 Å². The smallest absolute Gasteiger partial charge is 0.225 e. The van der Waals surface area contributed by atoms with Crippen LogP contribution in [0.15, 0.2) is 108 Å². The van der Waals surface area contributed by atoms with Crippen molar-refractivity contribution in [3.8, 4) is 11.6 Å². The molecule has 10 nitrogen and oxygen atoms in total. The minimum absolute atomic E-state index is 0.0232. The van der Waals surface area contributed by atoms with E-state index in [1.807, 2.05) is 55.3 Å². The van der Waals surface area contributed by atoms with E-state index in [2.05, 4.69) is 20.3 Å². The molecule has 220 valence electrons. The first-order valence-corrected chi connectivity index (χ1v) is 13.6. The van der Waals surface area contributed by atoms with Gasteiger partial charge in [-0.2, -0.15) is 9.37 Å². The molecule has 0 aliphatic rings. The number of aldehydes is 1. The maximum atomic E-state index is 15.3. The van der Waals surface area contributed by atoms with Crippen molar-refractivity contribution < 1.29 is 13.9 Å². The zero-order valence-electron chi connectivity index (χ0n) is 24.0. The number of hydrogen-bond acceptors (Lipinski definition) is 9. The molecule has 5 rings (SSSR count). The van der Waals surface area contributed by atoms with Gasteiger partial charge < -0.3 is 20.7 Å². The number of hydrogen-bond donors (Lipinski definition) is 3. The number of para-hydroxylation sites is 3. The summed E-state index contributed by atoms with van der Waals surface area (Å²) in [5, 5.41) is 12.2. The lowest BCUT2D eigenvalue weighted by Crippen LogP contribution is -2.40. The maximum absolute atomic E-state index is 15.3. The van der Waals surface area contributed by atoms with Crippen LogP contribution in [0.1, 0.15) is 28.4 Å². The van der Waals surface area contributed by atoms with E-state index in [4.69, 9.17) is 20.9 Å². The number of anilines is 3. The Hall–Kier alpha value is -5.97. The molecule has 0 amide bonds. The SMILES string of the molecule is CC(Nc1ncnc(N)c1C(=N)c1ccc(Oc2ccccc2)nc1F)/C(=N/c1ccccc1C=O)N(C)c1ccccc1. The van der Waals surface area contributed by atoms with E-state index >= 15 is 4.39 Å². The molecule has 0 spiro atoms. The van der Waals surface area contributed by atoms with E-state index < -0.39 is 12.0 Å². The molecule has 2 heterocycles. The molecule has 0 bridgehead atoms. The lowest BCUT2D eigenvalue weighted by Gasteiger charge is -2.28. The number of amidine groups is 1. The fourth-order valence-electron chi connectivity index (χ4n) is 4.49. The average molecular weight is 589 g/mol. The van der Waals surface area contributed by atoms with Gasteiger partial charge in [-0.15, -0.1) is 0 Å². The fourth-order valence-corrected chi connectivity index (χ4v) is 4.49. The van der Waals surface area contributed by atoms with Crippen LogP contribution in [0.4, 0.5) is 27.4 Å². The minimum Gasteiger partial charge on any atom is -0.439 e. The van der Waals surface area contributed by atoms with Gasteiger partial charge in [0.05, 0.1) is 28.6 Å². The van der Waals surface area contributed by atoms with Gasteiger partial charge in [0, 0.05) is 24.4 Å². The first-order chi connectivity index (χ1) is 21.4. The quantitative estimate of drug-likeness (QED) is 0.0749. The van der Waals surface area contributed by atoms with Crippen LogP contribution in [0.3, 0.4) is 0 Å². The fraction of sp³-hybridized carbons (Fsp3) is 0.0909. The number of pyridine rings is 1. The number of nitrogens with two attached hydrogens (primary N) is 1. The van der Waals surface area contributed by atoms with Crippen molar-refractivity contribution in [1.29, 1.82) is 5.41 Å². The number of halogens is 1. The molecule has 0 aliphatic heterocycles. The normalized spacial score (nSPS) is 11.8. The molecule has 11 heteroatoms. The Bertz CT molecular complexity index is 1820. The number of rotatable bonds is 10. The highest BCUT2D eigenvalue weighted by Crippen LogP contribution is 2.27. The second kappa shape index (κ2) is 13.3. The molecule has 0 radical (unpaired) electrons. The van der Waals surface area contributed by atoms with Gasteiger partial charge in [-0.1, -0.05) is 48.5 Å². The number of ether oxygens (including phenoxy) is 1. The summed E-state index contributed by atoms with van der Waals surface area (Å²) in [6.07, 6.45) is 2.01. The van der Waals surface area contributed by atoms with Crippen molar-refractivity contribution in [2.75, 3.05) is 23.0 Å². The van der Waals surface area contributed by atoms with Gasteiger partial charge in [-0.3, -0.25) is 10.2 Å². The van der Waals surface area contributed by atoms with Crippen molar-refractivity contribution >= 4 is 40.8 Å². The van der Waals surface area contributed by atoms with E-state index in [-0.39, 0.29) is 34.4 Å². The second-order valence-electron chi connectivity index (χ2n) is 9.67. The van der Waals surface area contributed by atoms with Gasteiger partial charge in [0.1, 0.15) is 29.5 Å². The molecule has 3 aromatic carbocycles. The monoisotopic (exact) mass is 588 g/mol. The standard InChI is InChI=1S/C33H29FN8O2/c1-21(33(42(2)23-12-5-3-6-13-23)40-26-16-10-9-11-22(26)19-43)39-32-28(31(36)37-20-38-32)29(35)25-17-18-27(41-30(25)34)44-24-14-7-4-8-15-24/h3-21,35H,1-2H3,(H3,36,37,38,39)/b35-29?,40-33-. The van der Waals surface area contributed by atoms with E-state index in [0.717, 1.165) is 12.0 Å². The first kappa shape index (κ1) is 29.5. The Kier molecular flexibility index (Phi) is 8.95. The van der Waals surface area contributed by atoms with Crippen LogP contribution < -0.4 is 20.7 Å². The molecule has 44 heavy (non-hydrogen) atoms. The molecule has 0 aliphatic carbocycles. The largest absolute Gasteiger partial charge is 0.439 e. The molecule has 5 aromatic rings. The van der Waals surface area contributed by atoms with Gasteiger partial charge in [0.25, 0.3) is 0 Å². The van der Waals surface area contributed by atoms with Crippen molar-refractivity contribution in [3.05, 3.63) is 126 Å². The van der Waals surface area contributed by atoms with Crippen LogP contribution in [0.2, 0.25) is 0 Å². The second-order valence-corrected chi connectivity index (χ2v) is 9.67. The van der Waals surface area contributed by atoms with Crippen molar-refractivity contribution in [2.45, 2.75) is 13.0 Å². The maximum Gasteiger partial charge on any atom is 0.225 e. The molecule has 0 saturated heterocycles. The lowest BCUT2D eigenvalue weighted by molar-refractivity contribution is 0.112. The third-order valence-corrected chi connectivity index (χ3v) is 6.71. The van der Waals surface area contributed by atoms with Crippen molar-refractivity contribution in [1.82, 2.24) is 15.0 Å². The molecular formula is C33H29FN8O2. The number of aromatic nitrogens is 3. The number of carbonyl (C=O) groups is 1. The molecule has 4 N–H and O–H groups in total. The van der Waals surface area contributed by atoms with E-state index in [9.17, 15) is 4.79 Å². The lowest BCUT2D eigenvalue weighted by atomic mass is 10.0. The molecular weight excluding hydrogens is 559 g/mol. The number of nitrogens with one attached hydrogen (secondary N) is 2. The number of aliphatic imine (C=N–C) groups is 1. The van der Waals surface area contributed by atoms with Gasteiger partial charge in [0.2, 0.25) is 11.8 Å². The van der Waals surface area contributed by atoms with Crippen molar-refractivity contribution in [2.24, 2.45) is 4.99 Å². The van der Waals surface area contributed by atoms with Crippen LogP contribution >= 0.6 is 0 Å². The van der Waals surface area contributed by atoms with Crippen molar-refractivity contribution in [3.63, 3.8) is 0 Å². The van der Waals surface area contributed by atoms with Crippen LogP contribution in [-0.2, 0) is 0 Å². The predicted molar refractivity (Wildman–Crippen MR) is 170 cm³/mol. The summed E-state index contributed by atoms with van der Waals surface area (Å²) in [6, 6.07) is 27.8. The molecule has 0 fully saturated rings. The Labute approximate surface area is 253 Å². The Morgan fingerprint density at radius 1 is 1.00 bits per heavy atom. The molecule has 1 atom stereocenters. The topological polar surface area (TPSA) is 142 Å². The number of carbonyl (C=O) groups excluding carboxylic acids is 1. The Morgan fingerprint density at radius 2 is 1.68 bits per heavy atom. The summed E-state index contributed by atoms with van der Waals surface area (Å²) in [5.74, 6) is 0.325. The van der Waals surface area contributed by atoms with Crippen LogP contribution in [0.25, 0.3) is 0 Å². The average Bonchev–Trinajstić information content (AvgIpc) is 3.04. The molecule has 0 saturated carbocycles. The number of nitrogen functional groups attached to an aromatic ring is 1. The summed E-state index contributed by atoms with van der Waals surface area (Å²) in [5.41, 5.74) is 7.69. The zero-order chi connectivity index (χ0) is 31.1. The van der Waals surface area contributed by atoms with E-state index in [1.54, 1.807) is 48.5 Å². The Morgan fingerprint density at radius 3 is 2.39 bits per heavy atom. The summed E-state index contributed by atoms with van der Waals surface area (Å²) in [6.45, 7) is 1.85. The summed E-state index contributed by atoms with van der Waals surface area (Å²) in [7, 11) is 1.85. The third kappa shape index (κ3) is 6.57. The highest BCUT2D eigenvalue weighted by atomic mass is 19.1. The van der Waals surface area contributed by atoms with E-state index in [0.29, 0.717) is 22.8 Å². The predicted octanol–water partition coefficient (Wildman–Crippen LogP) is 6.28. The van der Waals surface area contributed by atoms with Crippen LogP contribution in [0, 0.1) is 11.4 Å². The first-order valence-electron chi connectivity index (χ1n) is 13.6. The van der Waals surface area contributed by atoms with Gasteiger partial charge >= 0.3 is 0 Å². The van der Waals surface area contributed by atoms with Gasteiger partial charge in [-0.05, 0) is 49.4 Å². The minimum atomic E-state index is -0.915. The molecule has 2 aromatic heterocycles. The number of nitrogens with zero attached hydrogens (tertiary/aromatic N) is 5. The molecule has 1 unspecified atom stereocenters. The van der Waals surface area contributed by atoms with Crippen LogP contribution in [0.5, 0.6) is 11.6 Å². The highest BCUT2D eigenvalue weighted by molar-refractivity contribution is 6.16.